The average molecular weight is 319 g/mol. The fraction of sp³-hybridized carbons (Fsp3) is 0.267. The number of thiazole rings is 1. The van der Waals surface area contributed by atoms with Gasteiger partial charge in [-0.1, -0.05) is 0 Å². The number of nitrogens with one attached hydrogen (secondary N) is 1. The standard InChI is InChI=1S/C15H17N3O3S/c1-15(2,3)21-14(20)17-10-6-4-9(5-7-10)13-18-11(8-22-13)12(16)19/h4-8H,1-3H3,(H2,16,19)(H,17,20). The monoisotopic (exact) mass is 319 g/mol. The van der Waals surface area contributed by atoms with Crippen LogP contribution in [-0.4, -0.2) is 22.6 Å². The molecule has 2 amide bonds. The summed E-state index contributed by atoms with van der Waals surface area (Å²) >= 11 is 1.33. The Balaban J connectivity index is 2.06. The third-order valence-electron chi connectivity index (χ3n) is 2.53. The van der Waals surface area contributed by atoms with Crippen LogP contribution in [0.1, 0.15) is 31.3 Å². The molecule has 0 fully saturated rings. The average Bonchev–Trinajstić information content (AvgIpc) is 2.87. The number of nitrogens with zero attached hydrogens (tertiary/aromatic N) is 1. The number of nitrogens with two attached hydrogens (primary N) is 1. The van der Waals surface area contributed by atoms with Crippen molar-refractivity contribution >= 4 is 29.0 Å². The van der Waals surface area contributed by atoms with E-state index in [4.69, 9.17) is 10.5 Å². The van der Waals surface area contributed by atoms with E-state index in [1.165, 1.54) is 11.3 Å². The third kappa shape index (κ3) is 4.29. The first-order valence-corrected chi connectivity index (χ1v) is 7.48. The lowest BCUT2D eigenvalue weighted by atomic mass is 10.2. The van der Waals surface area contributed by atoms with Crippen LogP contribution in [0, 0.1) is 0 Å². The highest BCUT2D eigenvalue weighted by atomic mass is 32.1. The van der Waals surface area contributed by atoms with E-state index in [9.17, 15) is 9.59 Å². The summed E-state index contributed by atoms with van der Waals surface area (Å²) in [7, 11) is 0. The molecule has 116 valence electrons. The summed E-state index contributed by atoms with van der Waals surface area (Å²) in [4.78, 5) is 26.9. The van der Waals surface area contributed by atoms with Gasteiger partial charge < -0.3 is 10.5 Å². The maximum absolute atomic E-state index is 11.7. The Hall–Kier alpha value is -2.41. The molecule has 0 atom stereocenters. The molecule has 0 aliphatic heterocycles. The summed E-state index contributed by atoms with van der Waals surface area (Å²) in [6.07, 6.45) is -0.509. The van der Waals surface area contributed by atoms with E-state index >= 15 is 0 Å². The molecule has 0 saturated heterocycles. The van der Waals surface area contributed by atoms with Crippen molar-refractivity contribution in [1.29, 1.82) is 0 Å². The SMILES string of the molecule is CC(C)(C)OC(=O)Nc1ccc(-c2nc(C(N)=O)cs2)cc1. The second-order valence-electron chi connectivity index (χ2n) is 5.61. The highest BCUT2D eigenvalue weighted by Gasteiger charge is 2.16. The molecule has 0 bridgehead atoms. The van der Waals surface area contributed by atoms with Crippen LogP contribution in [0.4, 0.5) is 10.5 Å². The Morgan fingerprint density at radius 2 is 1.86 bits per heavy atom. The van der Waals surface area contributed by atoms with Gasteiger partial charge >= 0.3 is 6.09 Å². The molecule has 1 aromatic carbocycles. The molecular weight excluding hydrogens is 302 g/mol. The second-order valence-corrected chi connectivity index (χ2v) is 6.46. The van der Waals surface area contributed by atoms with Crippen LogP contribution >= 0.6 is 11.3 Å². The van der Waals surface area contributed by atoms with Crippen LogP contribution < -0.4 is 11.1 Å². The molecule has 7 heteroatoms. The molecule has 1 heterocycles. The molecule has 2 aromatic rings. The molecule has 0 radical (unpaired) electrons. The summed E-state index contributed by atoms with van der Waals surface area (Å²) in [5.74, 6) is -0.550. The number of anilines is 1. The first-order valence-electron chi connectivity index (χ1n) is 6.60. The largest absolute Gasteiger partial charge is 0.444 e. The number of hydrogen-bond acceptors (Lipinski definition) is 5. The summed E-state index contributed by atoms with van der Waals surface area (Å²) in [5, 5.41) is 4.96. The molecule has 0 spiro atoms. The van der Waals surface area contributed by atoms with Gasteiger partial charge in [0.15, 0.2) is 0 Å². The minimum Gasteiger partial charge on any atom is -0.444 e. The fourth-order valence-electron chi connectivity index (χ4n) is 1.64. The zero-order chi connectivity index (χ0) is 16.3. The van der Waals surface area contributed by atoms with Crippen molar-refractivity contribution in [2.24, 2.45) is 5.73 Å². The van der Waals surface area contributed by atoms with Gasteiger partial charge in [-0.2, -0.15) is 0 Å². The number of hydrogen-bond donors (Lipinski definition) is 2. The Morgan fingerprint density at radius 1 is 1.23 bits per heavy atom. The van der Waals surface area contributed by atoms with Crippen molar-refractivity contribution in [2.45, 2.75) is 26.4 Å². The van der Waals surface area contributed by atoms with E-state index in [1.54, 1.807) is 50.4 Å². The molecule has 0 aliphatic rings. The molecule has 0 saturated carbocycles. The van der Waals surface area contributed by atoms with Gasteiger partial charge in [0, 0.05) is 16.6 Å². The maximum Gasteiger partial charge on any atom is 0.412 e. The van der Waals surface area contributed by atoms with Crippen molar-refractivity contribution in [3.63, 3.8) is 0 Å². The van der Waals surface area contributed by atoms with Crippen LogP contribution in [0.3, 0.4) is 0 Å². The van der Waals surface area contributed by atoms with Gasteiger partial charge in [0.2, 0.25) is 0 Å². The number of aromatic nitrogens is 1. The number of primary amides is 1. The van der Waals surface area contributed by atoms with Crippen LogP contribution in [0.5, 0.6) is 0 Å². The number of ether oxygens (including phenoxy) is 1. The smallest absolute Gasteiger partial charge is 0.412 e. The molecule has 0 unspecified atom stereocenters. The van der Waals surface area contributed by atoms with E-state index in [2.05, 4.69) is 10.3 Å². The molecule has 22 heavy (non-hydrogen) atoms. The van der Waals surface area contributed by atoms with Crippen LogP contribution in [-0.2, 0) is 4.74 Å². The van der Waals surface area contributed by atoms with Gasteiger partial charge in [-0.3, -0.25) is 10.1 Å². The zero-order valence-corrected chi connectivity index (χ0v) is 13.4. The van der Waals surface area contributed by atoms with Gasteiger partial charge in [0.05, 0.1) is 0 Å². The molecular formula is C15H17N3O3S. The van der Waals surface area contributed by atoms with Crippen molar-refractivity contribution < 1.29 is 14.3 Å². The Morgan fingerprint density at radius 3 is 2.36 bits per heavy atom. The molecule has 3 N–H and O–H groups in total. The van der Waals surface area contributed by atoms with E-state index in [1.807, 2.05) is 0 Å². The van der Waals surface area contributed by atoms with Crippen molar-refractivity contribution in [3.05, 3.63) is 35.3 Å². The third-order valence-corrected chi connectivity index (χ3v) is 3.43. The minimum atomic E-state index is -0.550. The van der Waals surface area contributed by atoms with E-state index in [0.717, 1.165) is 5.56 Å². The highest BCUT2D eigenvalue weighted by molar-refractivity contribution is 7.13. The van der Waals surface area contributed by atoms with Gasteiger partial charge in [-0.25, -0.2) is 9.78 Å². The van der Waals surface area contributed by atoms with E-state index in [0.29, 0.717) is 10.7 Å². The van der Waals surface area contributed by atoms with Gasteiger partial charge in [0.25, 0.3) is 5.91 Å². The summed E-state index contributed by atoms with van der Waals surface area (Å²) < 4.78 is 5.17. The van der Waals surface area contributed by atoms with Crippen LogP contribution in [0.15, 0.2) is 29.6 Å². The van der Waals surface area contributed by atoms with Crippen molar-refractivity contribution in [1.82, 2.24) is 4.98 Å². The molecule has 6 nitrogen and oxygen atoms in total. The van der Waals surface area contributed by atoms with Crippen molar-refractivity contribution in [3.8, 4) is 10.6 Å². The van der Waals surface area contributed by atoms with Gasteiger partial charge in [-0.15, -0.1) is 11.3 Å². The zero-order valence-electron chi connectivity index (χ0n) is 12.5. The first kappa shape index (κ1) is 16.0. The topological polar surface area (TPSA) is 94.3 Å². The van der Waals surface area contributed by atoms with Crippen LogP contribution in [0.2, 0.25) is 0 Å². The summed E-state index contributed by atoms with van der Waals surface area (Å²) in [5.41, 5.74) is 6.33. The Bertz CT molecular complexity index is 687. The van der Waals surface area contributed by atoms with E-state index < -0.39 is 17.6 Å². The first-order chi connectivity index (χ1) is 10.2. The van der Waals surface area contributed by atoms with Gasteiger partial charge in [0.1, 0.15) is 16.3 Å². The minimum absolute atomic E-state index is 0.246. The Labute approximate surface area is 132 Å². The molecule has 1 aromatic heterocycles. The number of carbonyl (C=O) groups is 2. The van der Waals surface area contributed by atoms with Crippen LogP contribution in [0.25, 0.3) is 10.6 Å². The molecule has 2 rings (SSSR count). The fourth-order valence-corrected chi connectivity index (χ4v) is 2.45. The lowest BCUT2D eigenvalue weighted by Gasteiger charge is -2.19. The number of amides is 2. The number of benzene rings is 1. The summed E-state index contributed by atoms with van der Waals surface area (Å²) in [6, 6.07) is 7.09. The lowest BCUT2D eigenvalue weighted by Crippen LogP contribution is -2.27. The highest BCUT2D eigenvalue weighted by Crippen LogP contribution is 2.25. The quantitative estimate of drug-likeness (QED) is 0.908. The number of carbonyl (C=O) groups excluding carboxylic acids is 2. The van der Waals surface area contributed by atoms with Crippen molar-refractivity contribution in [2.75, 3.05) is 5.32 Å². The number of rotatable bonds is 3. The normalized spacial score (nSPS) is 11.0. The second kappa shape index (κ2) is 6.15. The van der Waals surface area contributed by atoms with Gasteiger partial charge in [-0.05, 0) is 45.0 Å². The predicted octanol–water partition coefficient (Wildman–Crippen LogP) is 3.26. The van der Waals surface area contributed by atoms with E-state index in [-0.39, 0.29) is 5.69 Å². The Kier molecular flexibility index (Phi) is 4.46. The molecule has 0 aliphatic carbocycles. The summed E-state index contributed by atoms with van der Waals surface area (Å²) in [6.45, 7) is 5.40. The maximum atomic E-state index is 11.7. The predicted molar refractivity (Wildman–Crippen MR) is 85.9 cm³/mol. The lowest BCUT2D eigenvalue weighted by molar-refractivity contribution is 0.0635.